The molecule has 0 spiro atoms. The molecule has 0 unspecified atom stereocenters. The van der Waals surface area contributed by atoms with Crippen molar-refractivity contribution < 1.29 is 14.3 Å². The molecule has 2 aromatic rings. The van der Waals surface area contributed by atoms with Crippen molar-refractivity contribution in [2.24, 2.45) is 0 Å². The quantitative estimate of drug-likeness (QED) is 0.879. The van der Waals surface area contributed by atoms with Crippen LogP contribution in [0.5, 0.6) is 11.5 Å². The Bertz CT molecular complexity index is 730. The van der Waals surface area contributed by atoms with Gasteiger partial charge in [-0.1, -0.05) is 24.3 Å². The Balaban J connectivity index is 1.71. The average molecular weight is 295 g/mol. The minimum absolute atomic E-state index is 0.157. The first-order valence-electron chi connectivity index (χ1n) is 7.08. The number of carbonyl (C=O) groups excluding carboxylic acids is 1. The normalized spacial score (nSPS) is 12.6. The van der Waals surface area contributed by atoms with Crippen LogP contribution in [0.15, 0.2) is 42.5 Å². The Morgan fingerprint density at radius 2 is 1.82 bits per heavy atom. The molecule has 0 saturated carbocycles. The molecule has 0 fully saturated rings. The fourth-order valence-corrected chi connectivity index (χ4v) is 2.37. The molecule has 1 aliphatic rings. The first-order chi connectivity index (χ1) is 10.6. The van der Waals surface area contributed by atoms with E-state index >= 15 is 0 Å². The lowest BCUT2D eigenvalue weighted by atomic mass is 10.1. The van der Waals surface area contributed by atoms with Gasteiger partial charge in [0.2, 0.25) is 12.7 Å². The maximum Gasteiger partial charge on any atom is 0.248 e. The Morgan fingerprint density at radius 1 is 1.09 bits per heavy atom. The molecule has 0 radical (unpaired) electrons. The number of para-hydroxylation sites is 1. The van der Waals surface area contributed by atoms with E-state index in [1.54, 1.807) is 6.08 Å². The first kappa shape index (κ1) is 14.2. The van der Waals surface area contributed by atoms with Crippen molar-refractivity contribution in [3.63, 3.8) is 0 Å². The Labute approximate surface area is 129 Å². The van der Waals surface area contributed by atoms with Gasteiger partial charge in [-0.25, -0.2) is 0 Å². The first-order valence-corrected chi connectivity index (χ1v) is 7.08. The summed E-state index contributed by atoms with van der Waals surface area (Å²) in [5, 5.41) is 2.92. The number of nitrogens with one attached hydrogen (secondary N) is 1. The molecule has 1 N–H and O–H groups in total. The van der Waals surface area contributed by atoms with Gasteiger partial charge in [-0.05, 0) is 48.7 Å². The van der Waals surface area contributed by atoms with Crippen LogP contribution in [-0.2, 0) is 4.79 Å². The van der Waals surface area contributed by atoms with Crippen LogP contribution in [0.25, 0.3) is 6.08 Å². The Morgan fingerprint density at radius 3 is 2.59 bits per heavy atom. The number of amides is 1. The Hall–Kier alpha value is -2.75. The highest BCUT2D eigenvalue weighted by molar-refractivity contribution is 6.02. The van der Waals surface area contributed by atoms with E-state index in [0.29, 0.717) is 5.75 Å². The highest BCUT2D eigenvalue weighted by atomic mass is 16.7. The summed E-state index contributed by atoms with van der Waals surface area (Å²) >= 11 is 0. The summed E-state index contributed by atoms with van der Waals surface area (Å²) in [5.74, 6) is 1.28. The van der Waals surface area contributed by atoms with Crippen molar-refractivity contribution in [1.82, 2.24) is 0 Å². The molecule has 0 bridgehead atoms. The zero-order valence-electron chi connectivity index (χ0n) is 12.6. The highest BCUT2D eigenvalue weighted by Crippen LogP contribution is 2.32. The molecule has 0 aliphatic carbocycles. The summed E-state index contributed by atoms with van der Waals surface area (Å²) in [4.78, 5) is 12.1. The second kappa shape index (κ2) is 5.93. The molecular formula is C18H17NO3. The standard InChI is InChI=1S/C18H17NO3/c1-12-4-3-5-13(2)18(12)19-17(20)9-7-14-6-8-15-16(10-14)22-11-21-15/h3-10H,11H2,1-2H3,(H,19,20)/b9-7+. The number of aryl methyl sites for hydroxylation is 2. The van der Waals surface area contributed by atoms with E-state index in [2.05, 4.69) is 5.32 Å². The largest absolute Gasteiger partial charge is 0.454 e. The molecule has 4 heteroatoms. The van der Waals surface area contributed by atoms with Gasteiger partial charge >= 0.3 is 0 Å². The second-order valence-electron chi connectivity index (χ2n) is 5.20. The Kier molecular flexibility index (Phi) is 3.83. The van der Waals surface area contributed by atoms with Gasteiger partial charge in [0, 0.05) is 11.8 Å². The molecule has 3 rings (SSSR count). The summed E-state index contributed by atoms with van der Waals surface area (Å²) in [6.45, 7) is 4.20. The minimum Gasteiger partial charge on any atom is -0.454 e. The number of fused-ring (bicyclic) bond motifs is 1. The van der Waals surface area contributed by atoms with Gasteiger partial charge in [0.15, 0.2) is 11.5 Å². The molecule has 1 heterocycles. The predicted molar refractivity (Wildman–Crippen MR) is 86.1 cm³/mol. The number of anilines is 1. The number of hydrogen-bond donors (Lipinski definition) is 1. The van der Waals surface area contributed by atoms with E-state index in [9.17, 15) is 4.79 Å². The van der Waals surface area contributed by atoms with Gasteiger partial charge in [0.25, 0.3) is 0 Å². The number of ether oxygens (including phenoxy) is 2. The molecule has 0 aromatic heterocycles. The van der Waals surface area contributed by atoms with Crippen molar-refractivity contribution in [2.45, 2.75) is 13.8 Å². The third kappa shape index (κ3) is 2.96. The van der Waals surface area contributed by atoms with Gasteiger partial charge in [0.05, 0.1) is 0 Å². The third-order valence-corrected chi connectivity index (χ3v) is 3.55. The van der Waals surface area contributed by atoms with E-state index in [4.69, 9.17) is 9.47 Å². The fraction of sp³-hybridized carbons (Fsp3) is 0.167. The average Bonchev–Trinajstić information content (AvgIpc) is 2.96. The van der Waals surface area contributed by atoms with E-state index in [1.807, 2.05) is 50.2 Å². The molecule has 0 atom stereocenters. The zero-order valence-corrected chi connectivity index (χ0v) is 12.6. The van der Waals surface area contributed by atoms with Crippen LogP contribution in [0.1, 0.15) is 16.7 Å². The molecular weight excluding hydrogens is 278 g/mol. The van der Waals surface area contributed by atoms with Crippen molar-refractivity contribution in [3.05, 3.63) is 59.2 Å². The molecule has 112 valence electrons. The van der Waals surface area contributed by atoms with Crippen LogP contribution in [0, 0.1) is 13.8 Å². The monoisotopic (exact) mass is 295 g/mol. The maximum atomic E-state index is 12.1. The second-order valence-corrected chi connectivity index (χ2v) is 5.20. The van der Waals surface area contributed by atoms with Crippen LogP contribution < -0.4 is 14.8 Å². The van der Waals surface area contributed by atoms with Gasteiger partial charge in [-0.15, -0.1) is 0 Å². The third-order valence-electron chi connectivity index (χ3n) is 3.55. The van der Waals surface area contributed by atoms with E-state index < -0.39 is 0 Å². The van der Waals surface area contributed by atoms with Crippen molar-refractivity contribution in [1.29, 1.82) is 0 Å². The number of benzene rings is 2. The number of carbonyl (C=O) groups is 1. The minimum atomic E-state index is -0.157. The lowest BCUT2D eigenvalue weighted by Gasteiger charge is -2.09. The van der Waals surface area contributed by atoms with Crippen LogP contribution >= 0.6 is 0 Å². The molecule has 1 amide bonds. The van der Waals surface area contributed by atoms with Crippen LogP contribution in [0.3, 0.4) is 0 Å². The highest BCUT2D eigenvalue weighted by Gasteiger charge is 2.12. The van der Waals surface area contributed by atoms with Gasteiger partial charge in [0.1, 0.15) is 0 Å². The van der Waals surface area contributed by atoms with Gasteiger partial charge < -0.3 is 14.8 Å². The molecule has 0 saturated heterocycles. The summed E-state index contributed by atoms with van der Waals surface area (Å²) < 4.78 is 10.6. The summed E-state index contributed by atoms with van der Waals surface area (Å²) in [6, 6.07) is 11.5. The summed E-state index contributed by atoms with van der Waals surface area (Å²) in [6.07, 6.45) is 3.27. The summed E-state index contributed by atoms with van der Waals surface area (Å²) in [5.41, 5.74) is 3.85. The molecule has 22 heavy (non-hydrogen) atoms. The van der Waals surface area contributed by atoms with E-state index in [-0.39, 0.29) is 12.7 Å². The van der Waals surface area contributed by atoms with Crippen molar-refractivity contribution in [3.8, 4) is 11.5 Å². The maximum absolute atomic E-state index is 12.1. The van der Waals surface area contributed by atoms with Crippen molar-refractivity contribution >= 4 is 17.7 Å². The molecule has 4 nitrogen and oxygen atoms in total. The van der Waals surface area contributed by atoms with Crippen LogP contribution in [-0.4, -0.2) is 12.7 Å². The zero-order chi connectivity index (χ0) is 15.5. The van der Waals surface area contributed by atoms with Crippen LogP contribution in [0.2, 0.25) is 0 Å². The van der Waals surface area contributed by atoms with Crippen LogP contribution in [0.4, 0.5) is 5.69 Å². The predicted octanol–water partition coefficient (Wildman–Crippen LogP) is 3.68. The SMILES string of the molecule is Cc1cccc(C)c1NC(=O)/C=C/c1ccc2c(c1)OCO2. The lowest BCUT2D eigenvalue weighted by molar-refractivity contribution is -0.111. The number of rotatable bonds is 3. The van der Waals surface area contributed by atoms with Crippen molar-refractivity contribution in [2.75, 3.05) is 12.1 Å². The molecule has 2 aromatic carbocycles. The topological polar surface area (TPSA) is 47.6 Å². The van der Waals surface area contributed by atoms with E-state index in [0.717, 1.165) is 28.1 Å². The molecule has 1 aliphatic heterocycles. The number of hydrogen-bond acceptors (Lipinski definition) is 3. The lowest BCUT2D eigenvalue weighted by Crippen LogP contribution is -2.10. The van der Waals surface area contributed by atoms with E-state index in [1.165, 1.54) is 6.08 Å². The van der Waals surface area contributed by atoms with Gasteiger partial charge in [-0.3, -0.25) is 4.79 Å². The fourth-order valence-electron chi connectivity index (χ4n) is 2.37. The van der Waals surface area contributed by atoms with Gasteiger partial charge in [-0.2, -0.15) is 0 Å². The summed E-state index contributed by atoms with van der Waals surface area (Å²) in [7, 11) is 0. The smallest absolute Gasteiger partial charge is 0.248 e.